The Balaban J connectivity index is 1.49. The molecule has 6 nitrogen and oxygen atoms in total. The van der Waals surface area contributed by atoms with E-state index in [9.17, 15) is 9.18 Å². The number of nitrogens with one attached hydrogen (secondary N) is 2. The Hall–Kier alpha value is -2.80. The topological polar surface area (TPSA) is 71.8 Å². The molecule has 7 heteroatoms. The van der Waals surface area contributed by atoms with Crippen molar-refractivity contribution in [2.24, 2.45) is 18.4 Å². The number of rotatable bonds is 5. The SMILES string of the molecule is Cc1ncc(-c2ccc3cnc(C(NC(=O)C4CCNCC4)C4(C)CC4F)cc3c2)n1C. The molecule has 2 aliphatic rings. The third kappa shape index (κ3) is 3.68. The molecule has 2 aromatic heterocycles. The average molecular weight is 436 g/mol. The number of benzene rings is 1. The van der Waals surface area contributed by atoms with Crippen LogP contribution in [0.3, 0.4) is 0 Å². The Bertz CT molecular complexity index is 1170. The summed E-state index contributed by atoms with van der Waals surface area (Å²) in [6.07, 6.45) is 4.84. The molecule has 1 aliphatic carbocycles. The number of pyridine rings is 1. The Morgan fingerprint density at radius 3 is 2.62 bits per heavy atom. The maximum absolute atomic E-state index is 14.4. The van der Waals surface area contributed by atoms with Crippen LogP contribution in [0.25, 0.3) is 22.0 Å². The van der Waals surface area contributed by atoms with Crippen molar-refractivity contribution < 1.29 is 9.18 Å². The third-order valence-electron chi connectivity index (χ3n) is 7.39. The van der Waals surface area contributed by atoms with Crippen LogP contribution in [0, 0.1) is 18.3 Å². The molecule has 0 spiro atoms. The standard InChI is InChI=1S/C25H30FN5O/c1-15-28-14-21(31(15)3)17-4-5-18-13-29-20(11-19(18)10-17)23(25(2)12-22(25)26)30-24(32)16-6-8-27-9-7-16/h4-5,10-11,13-14,16,22-23,27H,6-9,12H2,1-3H3,(H,30,32). The molecule has 5 rings (SSSR count). The number of aryl methyl sites for hydroxylation is 1. The summed E-state index contributed by atoms with van der Waals surface area (Å²) in [6, 6.07) is 7.79. The third-order valence-corrected chi connectivity index (χ3v) is 7.39. The number of amides is 1. The van der Waals surface area contributed by atoms with E-state index in [1.807, 2.05) is 45.4 Å². The molecule has 32 heavy (non-hydrogen) atoms. The highest BCUT2D eigenvalue weighted by Crippen LogP contribution is 2.56. The van der Waals surface area contributed by atoms with Gasteiger partial charge in [-0.15, -0.1) is 0 Å². The van der Waals surface area contributed by atoms with Gasteiger partial charge in [0.25, 0.3) is 0 Å². The van der Waals surface area contributed by atoms with Gasteiger partial charge in [-0.2, -0.15) is 0 Å². The van der Waals surface area contributed by atoms with Crippen LogP contribution in [0.2, 0.25) is 0 Å². The van der Waals surface area contributed by atoms with Crippen LogP contribution in [-0.4, -0.2) is 39.7 Å². The van der Waals surface area contributed by atoms with Crippen molar-refractivity contribution in [2.45, 2.75) is 45.3 Å². The largest absolute Gasteiger partial charge is 0.347 e. The number of alkyl halides is 1. The Labute approximate surface area is 187 Å². The molecule has 1 amide bonds. The maximum atomic E-state index is 14.4. The molecular formula is C25H30FN5O. The average Bonchev–Trinajstić information content (AvgIpc) is 3.29. The number of hydrogen-bond acceptors (Lipinski definition) is 4. The molecule has 1 saturated carbocycles. The van der Waals surface area contributed by atoms with Crippen molar-refractivity contribution in [2.75, 3.05) is 13.1 Å². The van der Waals surface area contributed by atoms with Crippen molar-refractivity contribution >= 4 is 16.7 Å². The Morgan fingerprint density at radius 2 is 1.97 bits per heavy atom. The van der Waals surface area contributed by atoms with E-state index in [0.717, 1.165) is 59.5 Å². The Morgan fingerprint density at radius 1 is 1.22 bits per heavy atom. The zero-order chi connectivity index (χ0) is 22.5. The van der Waals surface area contributed by atoms with Crippen molar-refractivity contribution in [3.8, 4) is 11.3 Å². The fourth-order valence-corrected chi connectivity index (χ4v) is 4.79. The second kappa shape index (κ2) is 7.96. The minimum absolute atomic E-state index is 0.0119. The molecule has 3 heterocycles. The molecule has 2 N–H and O–H groups in total. The van der Waals surface area contributed by atoms with Gasteiger partial charge in [-0.3, -0.25) is 9.78 Å². The highest BCUT2D eigenvalue weighted by Gasteiger charge is 2.58. The van der Waals surface area contributed by atoms with Gasteiger partial charge in [-0.1, -0.05) is 19.1 Å². The molecule has 3 unspecified atom stereocenters. The highest BCUT2D eigenvalue weighted by molar-refractivity contribution is 5.87. The van der Waals surface area contributed by atoms with Gasteiger partial charge in [0.05, 0.1) is 23.6 Å². The van der Waals surface area contributed by atoms with Crippen LogP contribution >= 0.6 is 0 Å². The van der Waals surface area contributed by atoms with Gasteiger partial charge < -0.3 is 15.2 Å². The number of aromatic nitrogens is 3. The first kappa shape index (κ1) is 21.1. The number of nitrogens with zero attached hydrogens (tertiary/aromatic N) is 3. The summed E-state index contributed by atoms with van der Waals surface area (Å²) < 4.78 is 16.5. The van der Waals surface area contributed by atoms with Crippen LogP contribution in [0.4, 0.5) is 4.39 Å². The van der Waals surface area contributed by atoms with Gasteiger partial charge in [0.15, 0.2) is 0 Å². The predicted molar refractivity (Wildman–Crippen MR) is 123 cm³/mol. The van der Waals surface area contributed by atoms with E-state index in [1.165, 1.54) is 0 Å². The number of imidazole rings is 1. The van der Waals surface area contributed by atoms with Crippen molar-refractivity contribution in [1.82, 2.24) is 25.2 Å². The fraction of sp³-hybridized carbons (Fsp3) is 0.480. The van der Waals surface area contributed by atoms with E-state index >= 15 is 0 Å². The summed E-state index contributed by atoms with van der Waals surface area (Å²) in [4.78, 5) is 22.1. The molecule has 2 fully saturated rings. The quantitative estimate of drug-likeness (QED) is 0.639. The summed E-state index contributed by atoms with van der Waals surface area (Å²) >= 11 is 0. The number of hydrogen-bond donors (Lipinski definition) is 2. The van der Waals surface area contributed by atoms with Crippen LogP contribution in [0.1, 0.15) is 43.7 Å². The summed E-state index contributed by atoms with van der Waals surface area (Å²) in [5, 5.41) is 8.50. The minimum atomic E-state index is -0.929. The summed E-state index contributed by atoms with van der Waals surface area (Å²) in [6.45, 7) is 5.57. The molecule has 3 aromatic rings. The first-order chi connectivity index (χ1) is 15.4. The number of carbonyl (C=O) groups excluding carboxylic acids is 1. The van der Waals surface area contributed by atoms with E-state index in [0.29, 0.717) is 6.42 Å². The van der Waals surface area contributed by atoms with Gasteiger partial charge >= 0.3 is 0 Å². The van der Waals surface area contributed by atoms with Gasteiger partial charge in [0.2, 0.25) is 5.91 Å². The van der Waals surface area contributed by atoms with E-state index in [4.69, 9.17) is 0 Å². The number of carbonyl (C=O) groups is 1. The lowest BCUT2D eigenvalue weighted by molar-refractivity contribution is -0.127. The lowest BCUT2D eigenvalue weighted by atomic mass is 9.91. The van der Waals surface area contributed by atoms with E-state index in [-0.39, 0.29) is 11.8 Å². The van der Waals surface area contributed by atoms with Crippen molar-refractivity contribution in [1.29, 1.82) is 0 Å². The summed E-state index contributed by atoms with van der Waals surface area (Å²) in [5.74, 6) is 0.934. The monoisotopic (exact) mass is 435 g/mol. The molecule has 0 radical (unpaired) electrons. The van der Waals surface area contributed by atoms with Gasteiger partial charge in [-0.05, 0) is 56.8 Å². The number of piperidine rings is 1. The summed E-state index contributed by atoms with van der Waals surface area (Å²) in [5.41, 5.74) is 2.21. The predicted octanol–water partition coefficient (Wildman–Crippen LogP) is 3.85. The van der Waals surface area contributed by atoms with Crippen molar-refractivity contribution in [3.05, 3.63) is 48.2 Å². The zero-order valence-corrected chi connectivity index (χ0v) is 18.9. The van der Waals surface area contributed by atoms with Gasteiger partial charge in [-0.25, -0.2) is 9.37 Å². The van der Waals surface area contributed by atoms with E-state index in [2.05, 4.69) is 37.3 Å². The molecule has 1 aliphatic heterocycles. The zero-order valence-electron chi connectivity index (χ0n) is 18.9. The number of fused-ring (bicyclic) bond motifs is 1. The normalized spacial score (nSPS) is 24.4. The van der Waals surface area contributed by atoms with Gasteiger partial charge in [0.1, 0.15) is 12.0 Å². The highest BCUT2D eigenvalue weighted by atomic mass is 19.1. The lowest BCUT2D eigenvalue weighted by Crippen LogP contribution is -2.42. The molecule has 1 aromatic carbocycles. The molecular weight excluding hydrogens is 405 g/mol. The summed E-state index contributed by atoms with van der Waals surface area (Å²) in [7, 11) is 2.00. The first-order valence-corrected chi connectivity index (χ1v) is 11.4. The van der Waals surface area contributed by atoms with Crippen molar-refractivity contribution in [3.63, 3.8) is 0 Å². The van der Waals surface area contributed by atoms with Gasteiger partial charge in [0, 0.05) is 35.5 Å². The molecule has 0 bridgehead atoms. The maximum Gasteiger partial charge on any atom is 0.223 e. The van der Waals surface area contributed by atoms with Crippen LogP contribution in [-0.2, 0) is 11.8 Å². The van der Waals surface area contributed by atoms with E-state index in [1.54, 1.807) is 0 Å². The molecule has 168 valence electrons. The molecule has 1 saturated heterocycles. The fourth-order valence-electron chi connectivity index (χ4n) is 4.79. The number of halogens is 1. The first-order valence-electron chi connectivity index (χ1n) is 11.4. The van der Waals surface area contributed by atoms with E-state index < -0.39 is 17.6 Å². The molecule has 3 atom stereocenters. The minimum Gasteiger partial charge on any atom is -0.347 e. The van der Waals surface area contributed by atoms with Crippen LogP contribution in [0.15, 0.2) is 36.7 Å². The second-order valence-corrected chi connectivity index (χ2v) is 9.56. The lowest BCUT2D eigenvalue weighted by Gasteiger charge is -2.28. The van der Waals surface area contributed by atoms with Crippen LogP contribution < -0.4 is 10.6 Å². The smallest absolute Gasteiger partial charge is 0.223 e. The Kier molecular flexibility index (Phi) is 5.24. The van der Waals surface area contributed by atoms with Crippen LogP contribution in [0.5, 0.6) is 0 Å². The second-order valence-electron chi connectivity index (χ2n) is 9.56.